The molecule has 0 aromatic heterocycles. The summed E-state index contributed by atoms with van der Waals surface area (Å²) in [6, 6.07) is 9.26. The first-order chi connectivity index (χ1) is 8.29. The smallest absolute Gasteiger partial charge is 0.0230 e. The molecule has 0 saturated carbocycles. The Labute approximate surface area is 112 Å². The van der Waals surface area contributed by atoms with E-state index in [0.717, 1.165) is 19.5 Å². The van der Waals surface area contributed by atoms with Gasteiger partial charge in [0, 0.05) is 12.6 Å². The van der Waals surface area contributed by atoms with E-state index >= 15 is 0 Å². The highest BCUT2D eigenvalue weighted by atomic mass is 15.1. The first kappa shape index (κ1) is 15.2. The zero-order valence-electron chi connectivity index (χ0n) is 12.5. The third-order valence-electron chi connectivity index (χ3n) is 3.24. The molecule has 1 rings (SSSR count). The lowest BCUT2D eigenvalue weighted by Crippen LogP contribution is -2.25. The SMILES string of the molecule is CC(N)CCN(C)Cc1ccc(C(C)(C)C)cc1. The van der Waals surface area contributed by atoms with Crippen LogP contribution in [0, 0.1) is 0 Å². The second-order valence-corrected chi connectivity index (χ2v) is 6.45. The molecule has 1 unspecified atom stereocenters. The molecule has 0 aliphatic heterocycles. The lowest BCUT2D eigenvalue weighted by molar-refractivity contribution is 0.313. The minimum atomic E-state index is 0.236. The van der Waals surface area contributed by atoms with Crippen LogP contribution in [0.15, 0.2) is 24.3 Å². The number of rotatable bonds is 5. The Morgan fingerprint density at radius 1 is 1.17 bits per heavy atom. The van der Waals surface area contributed by atoms with Crippen LogP contribution in [-0.4, -0.2) is 24.5 Å². The summed E-state index contributed by atoms with van der Waals surface area (Å²) in [5, 5.41) is 0. The molecule has 0 radical (unpaired) electrons. The van der Waals surface area contributed by atoms with Crippen molar-refractivity contribution in [2.24, 2.45) is 5.73 Å². The first-order valence-electron chi connectivity index (χ1n) is 6.82. The molecule has 1 atom stereocenters. The van der Waals surface area contributed by atoms with Crippen LogP contribution < -0.4 is 5.73 Å². The van der Waals surface area contributed by atoms with Gasteiger partial charge in [-0.05, 0) is 43.5 Å². The van der Waals surface area contributed by atoms with Crippen molar-refractivity contribution in [1.82, 2.24) is 4.90 Å². The molecular formula is C16H28N2. The predicted octanol–water partition coefficient (Wildman–Crippen LogP) is 3.15. The summed E-state index contributed by atoms with van der Waals surface area (Å²) in [4.78, 5) is 2.33. The summed E-state index contributed by atoms with van der Waals surface area (Å²) in [5.74, 6) is 0. The Morgan fingerprint density at radius 3 is 2.17 bits per heavy atom. The summed E-state index contributed by atoms with van der Waals surface area (Å²) in [5.41, 5.74) is 8.77. The summed E-state index contributed by atoms with van der Waals surface area (Å²) < 4.78 is 0. The van der Waals surface area contributed by atoms with Gasteiger partial charge in [-0.1, -0.05) is 45.0 Å². The van der Waals surface area contributed by atoms with E-state index in [4.69, 9.17) is 5.73 Å². The molecule has 18 heavy (non-hydrogen) atoms. The summed E-state index contributed by atoms with van der Waals surface area (Å²) in [7, 11) is 2.15. The fraction of sp³-hybridized carbons (Fsp3) is 0.625. The van der Waals surface area contributed by atoms with Gasteiger partial charge in [0.15, 0.2) is 0 Å². The molecule has 0 amide bonds. The molecule has 102 valence electrons. The van der Waals surface area contributed by atoms with Crippen LogP contribution in [0.1, 0.15) is 45.2 Å². The molecular weight excluding hydrogens is 220 g/mol. The summed E-state index contributed by atoms with van der Waals surface area (Å²) in [6.45, 7) is 10.9. The Morgan fingerprint density at radius 2 is 1.72 bits per heavy atom. The lowest BCUT2D eigenvalue weighted by atomic mass is 9.87. The molecule has 2 N–H and O–H groups in total. The van der Waals surface area contributed by atoms with Crippen molar-refractivity contribution in [2.75, 3.05) is 13.6 Å². The molecule has 0 aliphatic carbocycles. The largest absolute Gasteiger partial charge is 0.328 e. The van der Waals surface area contributed by atoms with Gasteiger partial charge in [-0.15, -0.1) is 0 Å². The third kappa shape index (κ3) is 5.19. The second-order valence-electron chi connectivity index (χ2n) is 6.45. The molecule has 0 heterocycles. The number of hydrogen-bond acceptors (Lipinski definition) is 2. The van der Waals surface area contributed by atoms with Crippen molar-refractivity contribution in [2.45, 2.75) is 52.1 Å². The zero-order chi connectivity index (χ0) is 13.8. The van der Waals surface area contributed by atoms with E-state index in [1.807, 2.05) is 0 Å². The van der Waals surface area contributed by atoms with Gasteiger partial charge in [0.2, 0.25) is 0 Å². The van der Waals surface area contributed by atoms with E-state index in [-0.39, 0.29) is 11.5 Å². The predicted molar refractivity (Wildman–Crippen MR) is 79.7 cm³/mol. The normalized spacial score (nSPS) is 13.9. The van der Waals surface area contributed by atoms with Gasteiger partial charge in [0.25, 0.3) is 0 Å². The standard InChI is InChI=1S/C16H28N2/c1-13(17)10-11-18(5)12-14-6-8-15(9-7-14)16(2,3)4/h6-9,13H,10-12,17H2,1-5H3. The van der Waals surface area contributed by atoms with Crippen LogP contribution in [0.2, 0.25) is 0 Å². The number of nitrogens with two attached hydrogens (primary N) is 1. The van der Waals surface area contributed by atoms with Gasteiger partial charge in [-0.25, -0.2) is 0 Å². The highest BCUT2D eigenvalue weighted by molar-refractivity contribution is 5.27. The van der Waals surface area contributed by atoms with Gasteiger partial charge in [0.1, 0.15) is 0 Å². The van der Waals surface area contributed by atoms with Crippen LogP contribution in [-0.2, 0) is 12.0 Å². The maximum absolute atomic E-state index is 5.78. The molecule has 2 heteroatoms. The van der Waals surface area contributed by atoms with Crippen LogP contribution in [0.3, 0.4) is 0 Å². The number of benzene rings is 1. The van der Waals surface area contributed by atoms with Crippen molar-refractivity contribution in [3.8, 4) is 0 Å². The van der Waals surface area contributed by atoms with Crippen LogP contribution in [0.4, 0.5) is 0 Å². The monoisotopic (exact) mass is 248 g/mol. The third-order valence-corrected chi connectivity index (χ3v) is 3.24. The Bertz CT molecular complexity index is 346. The van der Waals surface area contributed by atoms with Crippen LogP contribution in [0.5, 0.6) is 0 Å². The highest BCUT2D eigenvalue weighted by Gasteiger charge is 2.12. The lowest BCUT2D eigenvalue weighted by Gasteiger charge is -2.21. The fourth-order valence-electron chi connectivity index (χ4n) is 1.92. The van der Waals surface area contributed by atoms with E-state index in [1.54, 1.807) is 0 Å². The average molecular weight is 248 g/mol. The van der Waals surface area contributed by atoms with Crippen LogP contribution >= 0.6 is 0 Å². The second kappa shape index (κ2) is 6.35. The molecule has 1 aromatic rings. The minimum absolute atomic E-state index is 0.236. The van der Waals surface area contributed by atoms with Crippen molar-refractivity contribution in [1.29, 1.82) is 0 Å². The molecule has 0 saturated heterocycles. The van der Waals surface area contributed by atoms with E-state index in [9.17, 15) is 0 Å². The van der Waals surface area contributed by atoms with E-state index in [2.05, 4.69) is 63.9 Å². The zero-order valence-corrected chi connectivity index (χ0v) is 12.5. The van der Waals surface area contributed by atoms with Crippen molar-refractivity contribution < 1.29 is 0 Å². The molecule has 0 spiro atoms. The topological polar surface area (TPSA) is 29.3 Å². The van der Waals surface area contributed by atoms with Crippen molar-refractivity contribution in [3.05, 3.63) is 35.4 Å². The molecule has 0 aliphatic rings. The number of nitrogens with zero attached hydrogens (tertiary/aromatic N) is 1. The molecule has 1 aromatic carbocycles. The quantitative estimate of drug-likeness (QED) is 0.867. The Balaban J connectivity index is 2.53. The van der Waals surface area contributed by atoms with Crippen molar-refractivity contribution >= 4 is 0 Å². The first-order valence-corrected chi connectivity index (χ1v) is 6.82. The van der Waals surface area contributed by atoms with Gasteiger partial charge < -0.3 is 10.6 Å². The summed E-state index contributed by atoms with van der Waals surface area (Å²) in [6.07, 6.45) is 1.05. The van der Waals surface area contributed by atoms with Gasteiger partial charge in [0.05, 0.1) is 0 Å². The summed E-state index contributed by atoms with van der Waals surface area (Å²) >= 11 is 0. The van der Waals surface area contributed by atoms with E-state index in [1.165, 1.54) is 11.1 Å². The van der Waals surface area contributed by atoms with E-state index in [0.29, 0.717) is 0 Å². The molecule has 0 bridgehead atoms. The Hall–Kier alpha value is -0.860. The number of hydrogen-bond donors (Lipinski definition) is 1. The van der Waals surface area contributed by atoms with Crippen molar-refractivity contribution in [3.63, 3.8) is 0 Å². The fourth-order valence-corrected chi connectivity index (χ4v) is 1.92. The average Bonchev–Trinajstić information content (AvgIpc) is 2.26. The Kier molecular flexibility index (Phi) is 5.36. The highest BCUT2D eigenvalue weighted by Crippen LogP contribution is 2.22. The van der Waals surface area contributed by atoms with Gasteiger partial charge in [-0.2, -0.15) is 0 Å². The van der Waals surface area contributed by atoms with E-state index < -0.39 is 0 Å². The van der Waals surface area contributed by atoms with Gasteiger partial charge in [-0.3, -0.25) is 0 Å². The van der Waals surface area contributed by atoms with Crippen LogP contribution in [0.25, 0.3) is 0 Å². The maximum atomic E-state index is 5.78. The maximum Gasteiger partial charge on any atom is 0.0230 e. The van der Waals surface area contributed by atoms with Gasteiger partial charge >= 0.3 is 0 Å². The molecule has 0 fully saturated rings. The molecule has 2 nitrogen and oxygen atoms in total. The minimum Gasteiger partial charge on any atom is -0.328 e.